The molecule has 0 amide bonds. The Morgan fingerprint density at radius 1 is 1.32 bits per heavy atom. The number of nitrogens with one attached hydrogen (secondary N) is 1. The number of benzene rings is 1. The third-order valence-corrected chi connectivity index (χ3v) is 3.06. The van der Waals surface area contributed by atoms with Gasteiger partial charge in [0.1, 0.15) is 11.6 Å². The first-order valence-electron chi connectivity index (χ1n) is 6.54. The molecule has 5 heteroatoms. The van der Waals surface area contributed by atoms with Crippen LogP contribution >= 0.6 is 12.2 Å². The molecule has 1 aromatic carbocycles. The molecular formula is C14H19N3OS. The summed E-state index contributed by atoms with van der Waals surface area (Å²) >= 11 is 5.29. The number of hydrogen-bond donors (Lipinski definition) is 1. The third-order valence-electron chi connectivity index (χ3n) is 2.78. The summed E-state index contributed by atoms with van der Waals surface area (Å²) in [7, 11) is 0. The van der Waals surface area contributed by atoms with Gasteiger partial charge in [-0.1, -0.05) is 20.8 Å². The molecule has 0 bridgehead atoms. The number of rotatable bonds is 5. The molecule has 19 heavy (non-hydrogen) atoms. The van der Waals surface area contributed by atoms with Gasteiger partial charge in [0, 0.05) is 11.6 Å². The molecule has 0 radical (unpaired) electrons. The Kier molecular flexibility index (Phi) is 4.37. The Hall–Kier alpha value is -1.62. The van der Waals surface area contributed by atoms with Crippen LogP contribution < -0.4 is 4.74 Å². The van der Waals surface area contributed by atoms with Crippen LogP contribution in [0.15, 0.2) is 24.3 Å². The SMILES string of the molecule is CCCOc1ccc(-n2c(C(C)C)n[nH]c2=S)cc1. The largest absolute Gasteiger partial charge is 0.494 e. The number of nitrogens with zero attached hydrogens (tertiary/aromatic N) is 2. The lowest BCUT2D eigenvalue weighted by Gasteiger charge is -2.10. The molecule has 0 aliphatic carbocycles. The first-order valence-corrected chi connectivity index (χ1v) is 6.95. The van der Waals surface area contributed by atoms with Gasteiger partial charge in [0.15, 0.2) is 4.77 Å². The van der Waals surface area contributed by atoms with E-state index in [-0.39, 0.29) is 0 Å². The van der Waals surface area contributed by atoms with E-state index < -0.39 is 0 Å². The molecule has 0 aliphatic heterocycles. The lowest BCUT2D eigenvalue weighted by atomic mass is 10.2. The van der Waals surface area contributed by atoms with Crippen LogP contribution in [0.25, 0.3) is 5.69 Å². The Balaban J connectivity index is 2.32. The van der Waals surface area contributed by atoms with Crippen molar-refractivity contribution in [3.8, 4) is 11.4 Å². The monoisotopic (exact) mass is 277 g/mol. The van der Waals surface area contributed by atoms with E-state index in [0.29, 0.717) is 10.7 Å². The minimum absolute atomic E-state index is 0.309. The van der Waals surface area contributed by atoms with E-state index in [1.54, 1.807) is 0 Å². The lowest BCUT2D eigenvalue weighted by Crippen LogP contribution is -2.03. The van der Waals surface area contributed by atoms with E-state index in [1.165, 1.54) is 0 Å². The van der Waals surface area contributed by atoms with Gasteiger partial charge in [-0.3, -0.25) is 9.67 Å². The van der Waals surface area contributed by atoms with E-state index in [1.807, 2.05) is 28.8 Å². The van der Waals surface area contributed by atoms with Gasteiger partial charge in [-0.25, -0.2) is 0 Å². The predicted molar refractivity (Wildman–Crippen MR) is 78.6 cm³/mol. The first kappa shape index (κ1) is 13.8. The minimum atomic E-state index is 0.309. The maximum Gasteiger partial charge on any atom is 0.199 e. The molecule has 1 N–H and O–H groups in total. The zero-order valence-corrected chi connectivity index (χ0v) is 12.3. The molecule has 1 heterocycles. The van der Waals surface area contributed by atoms with Crippen LogP contribution in [-0.4, -0.2) is 21.4 Å². The maximum atomic E-state index is 5.58. The van der Waals surface area contributed by atoms with Crippen molar-refractivity contribution in [2.45, 2.75) is 33.1 Å². The molecule has 0 saturated heterocycles. The molecule has 0 aliphatic rings. The van der Waals surface area contributed by atoms with Crippen molar-refractivity contribution in [1.29, 1.82) is 0 Å². The van der Waals surface area contributed by atoms with Gasteiger partial charge in [0.05, 0.1) is 6.61 Å². The molecular weight excluding hydrogens is 258 g/mol. The van der Waals surface area contributed by atoms with Gasteiger partial charge in [-0.05, 0) is 42.9 Å². The summed E-state index contributed by atoms with van der Waals surface area (Å²) < 4.78 is 8.16. The van der Waals surface area contributed by atoms with E-state index in [0.717, 1.165) is 30.3 Å². The van der Waals surface area contributed by atoms with Crippen LogP contribution in [0.1, 0.15) is 38.9 Å². The topological polar surface area (TPSA) is 42.8 Å². The van der Waals surface area contributed by atoms with Crippen molar-refractivity contribution >= 4 is 12.2 Å². The number of H-pyrrole nitrogens is 1. The van der Waals surface area contributed by atoms with Crippen molar-refractivity contribution in [3.63, 3.8) is 0 Å². The maximum absolute atomic E-state index is 5.58. The number of ether oxygens (including phenoxy) is 1. The van der Waals surface area contributed by atoms with Gasteiger partial charge < -0.3 is 4.74 Å². The smallest absolute Gasteiger partial charge is 0.199 e. The molecule has 0 saturated carbocycles. The van der Waals surface area contributed by atoms with E-state index >= 15 is 0 Å². The fraction of sp³-hybridized carbons (Fsp3) is 0.429. The second kappa shape index (κ2) is 6.02. The summed E-state index contributed by atoms with van der Waals surface area (Å²) in [4.78, 5) is 0. The summed E-state index contributed by atoms with van der Waals surface area (Å²) in [5.74, 6) is 2.13. The zero-order chi connectivity index (χ0) is 13.8. The van der Waals surface area contributed by atoms with Crippen molar-refractivity contribution in [2.75, 3.05) is 6.61 Å². The zero-order valence-electron chi connectivity index (χ0n) is 11.5. The highest BCUT2D eigenvalue weighted by Crippen LogP contribution is 2.20. The molecule has 2 aromatic rings. The molecule has 0 atom stereocenters. The summed E-state index contributed by atoms with van der Waals surface area (Å²) in [6.45, 7) is 7.02. The quantitative estimate of drug-likeness (QED) is 0.844. The second-order valence-electron chi connectivity index (χ2n) is 4.72. The van der Waals surface area contributed by atoms with Crippen molar-refractivity contribution in [2.24, 2.45) is 0 Å². The molecule has 0 spiro atoms. The van der Waals surface area contributed by atoms with Crippen molar-refractivity contribution in [3.05, 3.63) is 34.9 Å². The molecule has 1 aromatic heterocycles. The summed E-state index contributed by atoms with van der Waals surface area (Å²) in [5.41, 5.74) is 1.01. The molecule has 102 valence electrons. The van der Waals surface area contributed by atoms with Crippen LogP contribution in [0, 0.1) is 4.77 Å². The fourth-order valence-corrected chi connectivity index (χ4v) is 2.10. The standard InChI is InChI=1S/C14H19N3OS/c1-4-9-18-12-7-5-11(6-8-12)17-13(10(2)3)15-16-14(17)19/h5-8,10H,4,9H2,1-3H3,(H,16,19). The molecule has 0 fully saturated rings. The van der Waals surface area contributed by atoms with Gasteiger partial charge in [0.2, 0.25) is 0 Å². The second-order valence-corrected chi connectivity index (χ2v) is 5.11. The van der Waals surface area contributed by atoms with E-state index in [4.69, 9.17) is 17.0 Å². The van der Waals surface area contributed by atoms with Gasteiger partial charge in [0.25, 0.3) is 0 Å². The Morgan fingerprint density at radius 3 is 2.58 bits per heavy atom. The van der Waals surface area contributed by atoms with Crippen LogP contribution in [0.3, 0.4) is 0 Å². The highest BCUT2D eigenvalue weighted by atomic mass is 32.1. The van der Waals surface area contributed by atoms with E-state index in [9.17, 15) is 0 Å². The number of aromatic amines is 1. The number of aromatic nitrogens is 3. The normalized spacial score (nSPS) is 10.9. The number of hydrogen-bond acceptors (Lipinski definition) is 3. The fourth-order valence-electron chi connectivity index (χ4n) is 1.86. The first-order chi connectivity index (χ1) is 9.13. The minimum Gasteiger partial charge on any atom is -0.494 e. The average Bonchev–Trinajstić information content (AvgIpc) is 2.79. The Morgan fingerprint density at radius 2 is 2.00 bits per heavy atom. The summed E-state index contributed by atoms with van der Waals surface area (Å²) in [5, 5.41) is 7.13. The van der Waals surface area contributed by atoms with Crippen LogP contribution in [-0.2, 0) is 0 Å². The molecule has 2 rings (SSSR count). The van der Waals surface area contributed by atoms with Gasteiger partial charge >= 0.3 is 0 Å². The Bertz CT molecular complexity index is 583. The highest BCUT2D eigenvalue weighted by Gasteiger charge is 2.11. The van der Waals surface area contributed by atoms with Crippen LogP contribution in [0.5, 0.6) is 5.75 Å². The Labute approximate surface area is 118 Å². The average molecular weight is 277 g/mol. The third kappa shape index (κ3) is 3.04. The van der Waals surface area contributed by atoms with Crippen molar-refractivity contribution in [1.82, 2.24) is 14.8 Å². The molecule has 0 unspecified atom stereocenters. The van der Waals surface area contributed by atoms with Crippen LogP contribution in [0.4, 0.5) is 0 Å². The lowest BCUT2D eigenvalue weighted by molar-refractivity contribution is 0.317. The highest BCUT2D eigenvalue weighted by molar-refractivity contribution is 7.71. The predicted octanol–water partition coefficient (Wildman–Crippen LogP) is 3.84. The van der Waals surface area contributed by atoms with Gasteiger partial charge in [-0.15, -0.1) is 0 Å². The summed E-state index contributed by atoms with van der Waals surface area (Å²) in [6.07, 6.45) is 1.01. The van der Waals surface area contributed by atoms with Crippen LogP contribution in [0.2, 0.25) is 0 Å². The van der Waals surface area contributed by atoms with E-state index in [2.05, 4.69) is 31.0 Å². The van der Waals surface area contributed by atoms with Gasteiger partial charge in [-0.2, -0.15) is 5.10 Å². The summed E-state index contributed by atoms with van der Waals surface area (Å²) in [6, 6.07) is 7.93. The molecule has 4 nitrogen and oxygen atoms in total. The van der Waals surface area contributed by atoms with Crippen molar-refractivity contribution < 1.29 is 4.74 Å².